The predicted octanol–water partition coefficient (Wildman–Crippen LogP) is 5.97. The van der Waals surface area contributed by atoms with Crippen molar-refractivity contribution in [2.75, 3.05) is 6.61 Å². The maximum absolute atomic E-state index is 11.6. The molecule has 0 aromatic carbocycles. The Morgan fingerprint density at radius 3 is 1.32 bits per heavy atom. The van der Waals surface area contributed by atoms with Gasteiger partial charge in [-0.1, -0.05) is 97.3 Å². The number of hydrogen-bond acceptors (Lipinski definition) is 4. The number of carbonyl (C=O) groups is 3. The summed E-state index contributed by atoms with van der Waals surface area (Å²) >= 11 is 0. The Bertz CT molecular complexity index is 369. The normalized spacial score (nSPS) is 10.1. The molecular weight excluding hydrogens is 360 g/mol. The second kappa shape index (κ2) is 23.4. The van der Waals surface area contributed by atoms with E-state index in [1.54, 1.807) is 0 Å². The van der Waals surface area contributed by atoms with E-state index >= 15 is 0 Å². The standard InChI is InChI=1S/C20H40O2.C2H2O4/c1-3-5-7-9-11-13-15-17-19-22-20(21)18-16-14-12-10-8-6-4-2;3-1(4)2(5)6/h3-19H2,1-2H3;(H,3,4)(H,5,6). The molecule has 28 heavy (non-hydrogen) atoms. The van der Waals surface area contributed by atoms with Gasteiger partial charge in [-0.2, -0.15) is 0 Å². The van der Waals surface area contributed by atoms with Crippen molar-refractivity contribution in [3.8, 4) is 0 Å². The van der Waals surface area contributed by atoms with Crippen LogP contribution >= 0.6 is 0 Å². The SMILES string of the molecule is CCCCCCCCCCOC(=O)CCCCCCCCC.O=C(O)C(=O)O. The molecule has 0 amide bonds. The number of hydrogen-bond donors (Lipinski definition) is 2. The van der Waals surface area contributed by atoms with Crippen LogP contribution in [0.1, 0.15) is 117 Å². The summed E-state index contributed by atoms with van der Waals surface area (Å²) in [7, 11) is 0. The molecular formula is C22H42O6. The average Bonchev–Trinajstić information content (AvgIpc) is 2.66. The van der Waals surface area contributed by atoms with E-state index in [0.717, 1.165) is 12.8 Å². The van der Waals surface area contributed by atoms with Crippen LogP contribution in [0.3, 0.4) is 0 Å². The maximum atomic E-state index is 11.6. The highest BCUT2D eigenvalue weighted by Crippen LogP contribution is 2.10. The molecule has 166 valence electrons. The topological polar surface area (TPSA) is 101 Å². The number of unbranched alkanes of at least 4 members (excludes halogenated alkanes) is 13. The van der Waals surface area contributed by atoms with Crippen molar-refractivity contribution in [2.45, 2.75) is 117 Å². The Hall–Kier alpha value is -1.59. The van der Waals surface area contributed by atoms with Crippen molar-refractivity contribution >= 4 is 17.9 Å². The summed E-state index contributed by atoms with van der Waals surface area (Å²) in [6.07, 6.45) is 19.7. The van der Waals surface area contributed by atoms with Crippen LogP contribution in [0.2, 0.25) is 0 Å². The van der Waals surface area contributed by atoms with Crippen molar-refractivity contribution < 1.29 is 29.3 Å². The van der Waals surface area contributed by atoms with E-state index in [1.165, 1.54) is 83.5 Å². The van der Waals surface area contributed by atoms with Crippen molar-refractivity contribution in [3.05, 3.63) is 0 Å². The largest absolute Gasteiger partial charge is 0.473 e. The first-order chi connectivity index (χ1) is 13.5. The molecule has 2 N–H and O–H groups in total. The Kier molecular flexibility index (Phi) is 24.0. The first kappa shape index (κ1) is 28.6. The third-order valence-electron chi connectivity index (χ3n) is 4.43. The molecule has 0 aromatic rings. The fraction of sp³-hybridized carbons (Fsp3) is 0.864. The molecule has 0 spiro atoms. The van der Waals surface area contributed by atoms with Gasteiger partial charge in [-0.3, -0.25) is 4.79 Å². The first-order valence-corrected chi connectivity index (χ1v) is 11.1. The monoisotopic (exact) mass is 402 g/mol. The van der Waals surface area contributed by atoms with E-state index < -0.39 is 11.9 Å². The minimum atomic E-state index is -1.82. The maximum Gasteiger partial charge on any atom is 0.414 e. The molecule has 0 aliphatic heterocycles. The van der Waals surface area contributed by atoms with E-state index in [1.807, 2.05) is 0 Å². The summed E-state index contributed by atoms with van der Waals surface area (Å²) in [4.78, 5) is 29.8. The number of carboxylic acid groups (broad SMARTS) is 2. The highest BCUT2D eigenvalue weighted by atomic mass is 16.5. The van der Waals surface area contributed by atoms with Crippen molar-refractivity contribution in [1.82, 2.24) is 0 Å². The third kappa shape index (κ3) is 26.6. The Labute approximate surface area is 171 Å². The first-order valence-electron chi connectivity index (χ1n) is 11.1. The fourth-order valence-corrected chi connectivity index (χ4v) is 2.72. The molecule has 0 aliphatic carbocycles. The van der Waals surface area contributed by atoms with Crippen molar-refractivity contribution in [3.63, 3.8) is 0 Å². The number of esters is 1. The van der Waals surface area contributed by atoms with Crippen LogP contribution in [0.25, 0.3) is 0 Å². The van der Waals surface area contributed by atoms with Crippen LogP contribution in [0.4, 0.5) is 0 Å². The van der Waals surface area contributed by atoms with Crippen LogP contribution in [0.15, 0.2) is 0 Å². The summed E-state index contributed by atoms with van der Waals surface area (Å²) in [6, 6.07) is 0. The van der Waals surface area contributed by atoms with Crippen LogP contribution in [-0.4, -0.2) is 34.7 Å². The van der Waals surface area contributed by atoms with Crippen LogP contribution < -0.4 is 0 Å². The number of aliphatic carboxylic acids is 2. The number of rotatable bonds is 17. The molecule has 0 fully saturated rings. The van der Waals surface area contributed by atoms with Crippen molar-refractivity contribution in [2.24, 2.45) is 0 Å². The number of carbonyl (C=O) groups excluding carboxylic acids is 1. The molecule has 6 nitrogen and oxygen atoms in total. The molecule has 6 heteroatoms. The average molecular weight is 403 g/mol. The smallest absolute Gasteiger partial charge is 0.414 e. The lowest BCUT2D eigenvalue weighted by molar-refractivity contribution is -0.159. The van der Waals surface area contributed by atoms with Crippen LogP contribution in [-0.2, 0) is 19.1 Å². The quantitative estimate of drug-likeness (QED) is 0.177. The minimum Gasteiger partial charge on any atom is -0.473 e. The van der Waals surface area contributed by atoms with Gasteiger partial charge < -0.3 is 14.9 Å². The zero-order chi connectivity index (χ0) is 21.5. The van der Waals surface area contributed by atoms with Gasteiger partial charge in [0.1, 0.15) is 0 Å². The predicted molar refractivity (Wildman–Crippen MR) is 111 cm³/mol. The molecule has 0 aliphatic rings. The van der Waals surface area contributed by atoms with Gasteiger partial charge in [0.15, 0.2) is 0 Å². The summed E-state index contributed by atoms with van der Waals surface area (Å²) in [5.41, 5.74) is 0. The lowest BCUT2D eigenvalue weighted by Crippen LogP contribution is -2.09. The molecule has 0 unspecified atom stereocenters. The summed E-state index contributed by atoms with van der Waals surface area (Å²) in [5, 5.41) is 14.8. The Morgan fingerprint density at radius 1 is 0.571 bits per heavy atom. The highest BCUT2D eigenvalue weighted by molar-refractivity contribution is 6.27. The number of carboxylic acids is 2. The fourth-order valence-electron chi connectivity index (χ4n) is 2.72. The van der Waals surface area contributed by atoms with E-state index in [4.69, 9.17) is 24.5 Å². The van der Waals surface area contributed by atoms with E-state index in [-0.39, 0.29) is 5.97 Å². The third-order valence-corrected chi connectivity index (χ3v) is 4.43. The molecule has 0 bridgehead atoms. The lowest BCUT2D eigenvalue weighted by atomic mass is 10.1. The molecule has 0 saturated carbocycles. The lowest BCUT2D eigenvalue weighted by Gasteiger charge is -2.05. The summed E-state index contributed by atoms with van der Waals surface area (Å²) < 4.78 is 5.29. The van der Waals surface area contributed by atoms with E-state index in [9.17, 15) is 4.79 Å². The second-order valence-corrected chi connectivity index (χ2v) is 7.18. The van der Waals surface area contributed by atoms with Gasteiger partial charge in [0, 0.05) is 6.42 Å². The number of ether oxygens (including phenoxy) is 1. The summed E-state index contributed by atoms with van der Waals surface area (Å²) in [6.45, 7) is 5.12. The Morgan fingerprint density at radius 2 is 0.929 bits per heavy atom. The zero-order valence-electron chi connectivity index (χ0n) is 18.0. The molecule has 0 radical (unpaired) electrons. The highest BCUT2D eigenvalue weighted by Gasteiger charge is 2.04. The van der Waals surface area contributed by atoms with Gasteiger partial charge in [-0.15, -0.1) is 0 Å². The van der Waals surface area contributed by atoms with Gasteiger partial charge >= 0.3 is 17.9 Å². The van der Waals surface area contributed by atoms with Gasteiger partial charge in [0.2, 0.25) is 0 Å². The van der Waals surface area contributed by atoms with Gasteiger partial charge in [0.05, 0.1) is 6.61 Å². The molecule has 0 heterocycles. The van der Waals surface area contributed by atoms with Gasteiger partial charge in [-0.05, 0) is 12.8 Å². The van der Waals surface area contributed by atoms with Gasteiger partial charge in [0.25, 0.3) is 0 Å². The molecule has 0 aromatic heterocycles. The van der Waals surface area contributed by atoms with Crippen LogP contribution in [0.5, 0.6) is 0 Å². The summed E-state index contributed by atoms with van der Waals surface area (Å²) in [5.74, 6) is -3.64. The van der Waals surface area contributed by atoms with Crippen molar-refractivity contribution in [1.29, 1.82) is 0 Å². The molecule has 0 saturated heterocycles. The molecule has 0 atom stereocenters. The van der Waals surface area contributed by atoms with Crippen LogP contribution in [0, 0.1) is 0 Å². The molecule has 0 rings (SSSR count). The second-order valence-electron chi connectivity index (χ2n) is 7.18. The van der Waals surface area contributed by atoms with E-state index in [2.05, 4.69) is 13.8 Å². The van der Waals surface area contributed by atoms with E-state index in [0.29, 0.717) is 13.0 Å². The zero-order valence-corrected chi connectivity index (χ0v) is 18.0. The Balaban J connectivity index is 0. The van der Waals surface area contributed by atoms with Gasteiger partial charge in [-0.25, -0.2) is 9.59 Å². The minimum absolute atomic E-state index is 0.0107.